The molecule has 2 aromatic rings. The maximum atomic E-state index is 11.3. The first-order valence-electron chi connectivity index (χ1n) is 7.26. The van der Waals surface area contributed by atoms with E-state index in [0.29, 0.717) is 24.4 Å². The number of fused-ring (bicyclic) bond motifs is 1. The van der Waals surface area contributed by atoms with Crippen molar-refractivity contribution in [2.45, 2.75) is 39.2 Å². The highest BCUT2D eigenvalue weighted by Crippen LogP contribution is 2.26. The fourth-order valence-electron chi connectivity index (χ4n) is 1.90. The van der Waals surface area contributed by atoms with Crippen molar-refractivity contribution in [3.05, 3.63) is 24.2 Å². The molecule has 0 unspecified atom stereocenters. The molecule has 2 rings (SSSR count). The number of aromatic nitrogens is 3. The van der Waals surface area contributed by atoms with E-state index in [9.17, 15) is 9.90 Å². The zero-order valence-electron chi connectivity index (χ0n) is 13.1. The van der Waals surface area contributed by atoms with Gasteiger partial charge in [0.25, 0.3) is 0 Å². The van der Waals surface area contributed by atoms with Gasteiger partial charge in [-0.1, -0.05) is 19.1 Å². The number of hydrogen-bond acceptors (Lipinski definition) is 5. The van der Waals surface area contributed by atoms with E-state index >= 15 is 0 Å². The van der Waals surface area contributed by atoms with Gasteiger partial charge < -0.3 is 14.8 Å². The highest BCUT2D eigenvalue weighted by atomic mass is 16.5. The summed E-state index contributed by atoms with van der Waals surface area (Å²) in [5.41, 5.74) is 0.560. The number of aliphatic hydroxyl groups is 1. The van der Waals surface area contributed by atoms with E-state index in [4.69, 9.17) is 4.74 Å². The van der Waals surface area contributed by atoms with Crippen molar-refractivity contribution in [1.29, 1.82) is 0 Å². The molecule has 0 amide bonds. The molecule has 0 saturated heterocycles. The largest absolute Gasteiger partial charge is 0.474 e. The van der Waals surface area contributed by atoms with Gasteiger partial charge in [-0.3, -0.25) is 4.79 Å². The Morgan fingerprint density at radius 3 is 2.91 bits per heavy atom. The van der Waals surface area contributed by atoms with Crippen molar-refractivity contribution in [3.63, 3.8) is 0 Å². The van der Waals surface area contributed by atoms with Crippen LogP contribution in [0.4, 0.5) is 0 Å². The summed E-state index contributed by atoms with van der Waals surface area (Å²) in [6.45, 7) is 5.30. The maximum absolute atomic E-state index is 11.3. The molecule has 0 bridgehead atoms. The lowest BCUT2D eigenvalue weighted by atomic mass is 10.1. The zero-order valence-corrected chi connectivity index (χ0v) is 13.1. The molecule has 118 valence electrons. The molecule has 22 heavy (non-hydrogen) atoms. The number of aromatic amines is 1. The number of ether oxygens (including phenoxy) is 1. The van der Waals surface area contributed by atoms with E-state index in [-0.39, 0.29) is 12.4 Å². The van der Waals surface area contributed by atoms with Gasteiger partial charge in [0.15, 0.2) is 0 Å². The Hall–Kier alpha value is -2.21. The average Bonchev–Trinajstić information content (AvgIpc) is 2.88. The Bertz CT molecular complexity index is 683. The second-order valence-electron chi connectivity index (χ2n) is 5.75. The molecule has 6 heteroatoms. The fraction of sp³-hybridized carbons (Fsp3) is 0.438. The van der Waals surface area contributed by atoms with Gasteiger partial charge in [-0.15, -0.1) is 0 Å². The van der Waals surface area contributed by atoms with E-state index in [2.05, 4.69) is 15.0 Å². The van der Waals surface area contributed by atoms with Gasteiger partial charge in [0.1, 0.15) is 24.4 Å². The van der Waals surface area contributed by atoms with Gasteiger partial charge in [-0.05, 0) is 13.8 Å². The van der Waals surface area contributed by atoms with E-state index in [1.165, 1.54) is 6.33 Å². The molecule has 0 atom stereocenters. The van der Waals surface area contributed by atoms with E-state index in [1.807, 2.05) is 19.1 Å². The molecule has 0 aliphatic rings. The maximum Gasteiger partial charge on any atom is 0.226 e. The van der Waals surface area contributed by atoms with Crippen molar-refractivity contribution < 1.29 is 14.6 Å². The Kier molecular flexibility index (Phi) is 4.92. The summed E-state index contributed by atoms with van der Waals surface area (Å²) in [5, 5.41) is 10.5. The SMILES string of the molecule is CCC(=O)C/C=C/c1c[nH]c2ncnc(OCC(C)(C)O)c12. The summed E-state index contributed by atoms with van der Waals surface area (Å²) in [5.74, 6) is 0.598. The molecular formula is C16H21N3O3. The molecule has 0 radical (unpaired) electrons. The number of nitrogens with one attached hydrogen (secondary N) is 1. The Morgan fingerprint density at radius 1 is 1.45 bits per heavy atom. The van der Waals surface area contributed by atoms with Crippen LogP contribution in [0.3, 0.4) is 0 Å². The van der Waals surface area contributed by atoms with Crippen LogP contribution in [0.15, 0.2) is 18.6 Å². The highest BCUT2D eigenvalue weighted by molar-refractivity contribution is 5.91. The summed E-state index contributed by atoms with van der Waals surface area (Å²) in [7, 11) is 0. The lowest BCUT2D eigenvalue weighted by Crippen LogP contribution is -2.28. The Balaban J connectivity index is 2.26. The topological polar surface area (TPSA) is 88.1 Å². The van der Waals surface area contributed by atoms with Crippen molar-refractivity contribution in [2.24, 2.45) is 0 Å². The van der Waals surface area contributed by atoms with E-state index in [0.717, 1.165) is 10.9 Å². The number of Topliss-reactive ketones (excluding diaryl/α,β-unsaturated/α-hetero) is 1. The number of H-pyrrole nitrogens is 1. The molecule has 0 aliphatic heterocycles. The lowest BCUT2D eigenvalue weighted by Gasteiger charge is -2.17. The van der Waals surface area contributed by atoms with Gasteiger partial charge in [0, 0.05) is 24.6 Å². The molecular weight excluding hydrogens is 282 g/mol. The minimum absolute atomic E-state index is 0.127. The van der Waals surface area contributed by atoms with Crippen LogP contribution < -0.4 is 4.74 Å². The van der Waals surface area contributed by atoms with Crippen LogP contribution >= 0.6 is 0 Å². The van der Waals surface area contributed by atoms with Crippen molar-refractivity contribution in [2.75, 3.05) is 6.61 Å². The lowest BCUT2D eigenvalue weighted by molar-refractivity contribution is -0.117. The van der Waals surface area contributed by atoms with Crippen molar-refractivity contribution in [1.82, 2.24) is 15.0 Å². The van der Waals surface area contributed by atoms with Gasteiger partial charge in [-0.2, -0.15) is 0 Å². The Morgan fingerprint density at radius 2 is 2.23 bits per heavy atom. The van der Waals surface area contributed by atoms with E-state index in [1.54, 1.807) is 20.0 Å². The summed E-state index contributed by atoms with van der Waals surface area (Å²) in [6.07, 6.45) is 7.81. The van der Waals surface area contributed by atoms with Gasteiger partial charge in [0.05, 0.1) is 11.0 Å². The zero-order chi connectivity index (χ0) is 16.2. The van der Waals surface area contributed by atoms with Crippen LogP contribution in [0.2, 0.25) is 0 Å². The number of carbonyl (C=O) groups excluding carboxylic acids is 1. The average molecular weight is 303 g/mol. The predicted molar refractivity (Wildman–Crippen MR) is 84.6 cm³/mol. The number of ketones is 1. The summed E-state index contributed by atoms with van der Waals surface area (Å²) < 4.78 is 5.61. The van der Waals surface area contributed by atoms with Crippen LogP contribution in [0.25, 0.3) is 17.1 Å². The minimum Gasteiger partial charge on any atom is -0.474 e. The first kappa shape index (κ1) is 16.2. The van der Waals surface area contributed by atoms with Gasteiger partial charge >= 0.3 is 0 Å². The summed E-state index contributed by atoms with van der Waals surface area (Å²) >= 11 is 0. The summed E-state index contributed by atoms with van der Waals surface area (Å²) in [6, 6.07) is 0. The van der Waals surface area contributed by atoms with Crippen LogP contribution in [-0.2, 0) is 4.79 Å². The fourth-order valence-corrected chi connectivity index (χ4v) is 1.90. The second kappa shape index (κ2) is 6.70. The number of rotatable bonds is 7. The first-order valence-corrected chi connectivity index (χ1v) is 7.26. The smallest absolute Gasteiger partial charge is 0.226 e. The van der Waals surface area contributed by atoms with Crippen LogP contribution in [0.1, 0.15) is 39.2 Å². The minimum atomic E-state index is -0.947. The highest BCUT2D eigenvalue weighted by Gasteiger charge is 2.16. The van der Waals surface area contributed by atoms with Crippen LogP contribution in [0.5, 0.6) is 5.88 Å². The van der Waals surface area contributed by atoms with E-state index < -0.39 is 5.60 Å². The number of allylic oxidation sites excluding steroid dienone is 1. The second-order valence-corrected chi connectivity index (χ2v) is 5.75. The standard InChI is InChI=1S/C16H21N3O3/c1-4-12(20)7-5-6-11-8-17-14-13(11)15(19-10-18-14)22-9-16(2,3)21/h5-6,8,10,21H,4,7,9H2,1-3H3,(H,17,18,19)/b6-5+. The molecule has 0 aliphatic carbocycles. The monoisotopic (exact) mass is 303 g/mol. The third-order valence-electron chi connectivity index (χ3n) is 3.06. The predicted octanol–water partition coefficient (Wildman–Crippen LogP) is 2.49. The third-order valence-corrected chi connectivity index (χ3v) is 3.06. The molecule has 2 N–H and O–H groups in total. The van der Waals surface area contributed by atoms with Crippen molar-refractivity contribution in [3.8, 4) is 5.88 Å². The molecule has 0 saturated carbocycles. The normalized spacial score (nSPS) is 12.2. The Labute approximate surface area is 129 Å². The number of hydrogen-bond donors (Lipinski definition) is 2. The summed E-state index contributed by atoms with van der Waals surface area (Å²) in [4.78, 5) is 22.7. The van der Waals surface area contributed by atoms with Gasteiger partial charge in [-0.25, -0.2) is 9.97 Å². The first-order chi connectivity index (χ1) is 10.4. The van der Waals surface area contributed by atoms with Gasteiger partial charge in [0.2, 0.25) is 5.88 Å². The quantitative estimate of drug-likeness (QED) is 0.820. The number of nitrogens with zero attached hydrogens (tertiary/aromatic N) is 2. The molecule has 0 spiro atoms. The van der Waals surface area contributed by atoms with Crippen molar-refractivity contribution >= 4 is 22.9 Å². The molecule has 2 aromatic heterocycles. The van der Waals surface area contributed by atoms with Crippen LogP contribution in [0, 0.1) is 0 Å². The molecule has 0 aromatic carbocycles. The number of carbonyl (C=O) groups is 1. The third kappa shape index (κ3) is 4.14. The molecule has 0 fully saturated rings. The van der Waals surface area contributed by atoms with Crippen LogP contribution in [-0.4, -0.2) is 38.0 Å². The molecule has 2 heterocycles. The molecule has 6 nitrogen and oxygen atoms in total.